The number of halogens is 1. The normalized spacial score (nSPS) is 19.4. The van der Waals surface area contributed by atoms with Crippen molar-refractivity contribution in [2.75, 3.05) is 0 Å². The molecular weight excluding hydrogens is 357 g/mol. The van der Waals surface area contributed by atoms with Crippen molar-refractivity contribution in [2.24, 2.45) is 5.92 Å². The van der Waals surface area contributed by atoms with Crippen LogP contribution in [0.15, 0.2) is 54.6 Å². The largest absolute Gasteiger partial charge is 0.352 e. The van der Waals surface area contributed by atoms with Gasteiger partial charge >= 0.3 is 0 Å². The Balaban J connectivity index is 1.71. The number of amides is 2. The van der Waals surface area contributed by atoms with Crippen molar-refractivity contribution in [3.63, 3.8) is 0 Å². The highest BCUT2D eigenvalue weighted by Crippen LogP contribution is 2.24. The van der Waals surface area contributed by atoms with E-state index in [4.69, 9.17) is 5.26 Å². The monoisotopic (exact) mass is 379 g/mol. The number of nitrogens with one attached hydrogen (secondary N) is 2. The molecule has 3 atom stereocenters. The predicted octanol–water partition coefficient (Wildman–Crippen LogP) is 2.98. The van der Waals surface area contributed by atoms with E-state index in [9.17, 15) is 14.0 Å². The quantitative estimate of drug-likeness (QED) is 0.810. The van der Waals surface area contributed by atoms with Crippen molar-refractivity contribution >= 4 is 11.8 Å². The van der Waals surface area contributed by atoms with Gasteiger partial charge in [0.1, 0.15) is 11.9 Å². The Morgan fingerprint density at radius 3 is 2.46 bits per heavy atom. The third-order valence-corrected chi connectivity index (χ3v) is 4.97. The van der Waals surface area contributed by atoms with Gasteiger partial charge in [0.25, 0.3) is 5.91 Å². The van der Waals surface area contributed by atoms with E-state index in [-0.39, 0.29) is 23.4 Å². The van der Waals surface area contributed by atoms with Crippen LogP contribution >= 0.6 is 0 Å². The van der Waals surface area contributed by atoms with E-state index in [0.29, 0.717) is 12.8 Å². The smallest absolute Gasteiger partial charge is 0.251 e. The summed E-state index contributed by atoms with van der Waals surface area (Å²) >= 11 is 0. The number of hydrogen-bond acceptors (Lipinski definition) is 3. The topological polar surface area (TPSA) is 82.0 Å². The van der Waals surface area contributed by atoms with Crippen LogP contribution in [0.5, 0.6) is 0 Å². The van der Waals surface area contributed by atoms with Gasteiger partial charge in [-0.1, -0.05) is 30.3 Å². The van der Waals surface area contributed by atoms with Crippen LogP contribution in [0.1, 0.15) is 35.2 Å². The molecule has 1 saturated carbocycles. The lowest BCUT2D eigenvalue weighted by Gasteiger charge is -2.21. The Morgan fingerprint density at radius 1 is 1.11 bits per heavy atom. The molecule has 0 heterocycles. The first-order valence-corrected chi connectivity index (χ1v) is 9.35. The summed E-state index contributed by atoms with van der Waals surface area (Å²) in [6.45, 7) is 0. The number of rotatable bonds is 6. The molecule has 1 fully saturated rings. The molecule has 6 heteroatoms. The Labute approximate surface area is 163 Å². The van der Waals surface area contributed by atoms with E-state index in [2.05, 4.69) is 16.7 Å². The molecule has 2 amide bonds. The maximum Gasteiger partial charge on any atom is 0.251 e. The second kappa shape index (κ2) is 9.14. The number of carbonyl (C=O) groups is 2. The van der Waals surface area contributed by atoms with Crippen molar-refractivity contribution in [1.29, 1.82) is 5.26 Å². The highest BCUT2D eigenvalue weighted by molar-refractivity contribution is 5.97. The van der Waals surface area contributed by atoms with Gasteiger partial charge in [-0.15, -0.1) is 0 Å². The van der Waals surface area contributed by atoms with Crippen molar-refractivity contribution in [1.82, 2.24) is 10.6 Å². The Hall–Kier alpha value is -3.20. The van der Waals surface area contributed by atoms with Crippen LogP contribution < -0.4 is 10.6 Å². The second-order valence-electron chi connectivity index (χ2n) is 7.07. The standard InChI is InChI=1S/C22H22FN3O2/c23-18-9-7-17(8-10-18)21(27)26-20(13-15-4-2-1-3-5-15)22(28)25-19-11-6-16(12-19)14-24/h1-5,7-10,16,19-20H,6,11-13H2,(H,25,28)(H,26,27). The molecule has 0 bridgehead atoms. The minimum Gasteiger partial charge on any atom is -0.352 e. The molecule has 1 aliphatic rings. The zero-order valence-corrected chi connectivity index (χ0v) is 15.4. The minimum atomic E-state index is -0.763. The van der Waals surface area contributed by atoms with Crippen molar-refractivity contribution in [3.05, 3.63) is 71.5 Å². The fourth-order valence-electron chi connectivity index (χ4n) is 3.43. The number of hydrogen-bond donors (Lipinski definition) is 2. The zero-order valence-electron chi connectivity index (χ0n) is 15.4. The highest BCUT2D eigenvalue weighted by Gasteiger charge is 2.29. The summed E-state index contributed by atoms with van der Waals surface area (Å²) in [6, 6.07) is 16.0. The predicted molar refractivity (Wildman–Crippen MR) is 103 cm³/mol. The number of carbonyl (C=O) groups excluding carboxylic acids is 2. The average molecular weight is 379 g/mol. The molecule has 28 heavy (non-hydrogen) atoms. The summed E-state index contributed by atoms with van der Waals surface area (Å²) in [4.78, 5) is 25.4. The van der Waals surface area contributed by atoms with Crippen LogP contribution in [0, 0.1) is 23.1 Å². The van der Waals surface area contributed by atoms with Crippen molar-refractivity contribution in [2.45, 2.75) is 37.8 Å². The number of benzene rings is 2. The van der Waals surface area contributed by atoms with Gasteiger partial charge in [-0.2, -0.15) is 5.26 Å². The molecule has 5 nitrogen and oxygen atoms in total. The maximum atomic E-state index is 13.1. The van der Waals surface area contributed by atoms with E-state index in [1.165, 1.54) is 24.3 Å². The molecule has 0 radical (unpaired) electrons. The molecule has 144 valence electrons. The molecule has 3 unspecified atom stereocenters. The Kier molecular flexibility index (Phi) is 6.38. The van der Waals surface area contributed by atoms with E-state index in [1.54, 1.807) is 0 Å². The molecule has 3 rings (SSSR count). The first kappa shape index (κ1) is 19.6. The summed E-state index contributed by atoms with van der Waals surface area (Å²) in [5, 5.41) is 14.8. The summed E-state index contributed by atoms with van der Waals surface area (Å²) in [6.07, 6.45) is 2.50. The summed E-state index contributed by atoms with van der Waals surface area (Å²) in [7, 11) is 0. The molecule has 2 aromatic rings. The summed E-state index contributed by atoms with van der Waals surface area (Å²) in [5.41, 5.74) is 1.21. The molecule has 0 aliphatic heterocycles. The molecule has 2 N–H and O–H groups in total. The van der Waals surface area contributed by atoms with E-state index in [1.807, 2.05) is 30.3 Å². The molecular formula is C22H22FN3O2. The summed E-state index contributed by atoms with van der Waals surface area (Å²) in [5.74, 6) is -1.17. The van der Waals surface area contributed by atoms with Crippen LogP contribution in [0.25, 0.3) is 0 Å². The zero-order chi connectivity index (χ0) is 19.9. The summed E-state index contributed by atoms with van der Waals surface area (Å²) < 4.78 is 13.1. The first-order chi connectivity index (χ1) is 13.5. The molecule has 0 aromatic heterocycles. The lowest BCUT2D eigenvalue weighted by atomic mass is 10.0. The maximum absolute atomic E-state index is 13.1. The Bertz CT molecular complexity index is 862. The fourth-order valence-corrected chi connectivity index (χ4v) is 3.43. The number of nitriles is 1. The second-order valence-corrected chi connectivity index (χ2v) is 7.07. The first-order valence-electron chi connectivity index (χ1n) is 9.35. The molecule has 2 aromatic carbocycles. The lowest BCUT2D eigenvalue weighted by molar-refractivity contribution is -0.123. The van der Waals surface area contributed by atoms with E-state index < -0.39 is 17.8 Å². The third kappa shape index (κ3) is 5.17. The minimum absolute atomic E-state index is 0.0355. The van der Waals surface area contributed by atoms with Crippen LogP contribution in [0.2, 0.25) is 0 Å². The van der Waals surface area contributed by atoms with Crippen molar-refractivity contribution < 1.29 is 14.0 Å². The van der Waals surface area contributed by atoms with Crippen LogP contribution in [-0.2, 0) is 11.2 Å². The van der Waals surface area contributed by atoms with Crippen LogP contribution in [0.3, 0.4) is 0 Å². The molecule has 0 saturated heterocycles. The molecule has 1 aliphatic carbocycles. The van der Waals surface area contributed by atoms with Gasteiger partial charge in [0.05, 0.1) is 6.07 Å². The third-order valence-electron chi connectivity index (χ3n) is 4.97. The SMILES string of the molecule is N#CC1CCC(NC(=O)C(Cc2ccccc2)NC(=O)c2ccc(F)cc2)C1. The fraction of sp³-hybridized carbons (Fsp3) is 0.318. The molecule has 0 spiro atoms. The van der Waals surface area contributed by atoms with Crippen LogP contribution in [0.4, 0.5) is 4.39 Å². The van der Waals surface area contributed by atoms with E-state index >= 15 is 0 Å². The van der Waals surface area contributed by atoms with Gasteiger partial charge < -0.3 is 10.6 Å². The van der Waals surface area contributed by atoms with Gasteiger partial charge in [0, 0.05) is 23.9 Å². The van der Waals surface area contributed by atoms with Gasteiger partial charge in [0.2, 0.25) is 5.91 Å². The van der Waals surface area contributed by atoms with Gasteiger partial charge in [-0.05, 0) is 49.1 Å². The van der Waals surface area contributed by atoms with Gasteiger partial charge in [0.15, 0.2) is 0 Å². The van der Waals surface area contributed by atoms with Crippen molar-refractivity contribution in [3.8, 4) is 6.07 Å². The highest BCUT2D eigenvalue weighted by atomic mass is 19.1. The lowest BCUT2D eigenvalue weighted by Crippen LogP contribution is -2.50. The Morgan fingerprint density at radius 2 is 1.82 bits per heavy atom. The number of nitrogens with zero attached hydrogens (tertiary/aromatic N) is 1. The van der Waals surface area contributed by atoms with Crippen LogP contribution in [-0.4, -0.2) is 23.9 Å². The average Bonchev–Trinajstić information content (AvgIpc) is 3.16. The van der Waals surface area contributed by atoms with E-state index in [0.717, 1.165) is 18.4 Å². The van der Waals surface area contributed by atoms with Gasteiger partial charge in [-0.3, -0.25) is 9.59 Å². The van der Waals surface area contributed by atoms with Gasteiger partial charge in [-0.25, -0.2) is 4.39 Å².